The molecule has 1 aromatic heterocycles. The molecule has 25 heavy (non-hydrogen) atoms. The number of primary amides is 1. The zero-order valence-corrected chi connectivity index (χ0v) is 14.0. The van der Waals surface area contributed by atoms with Gasteiger partial charge in [0.15, 0.2) is 0 Å². The first-order chi connectivity index (χ1) is 12.0. The van der Waals surface area contributed by atoms with Crippen molar-refractivity contribution in [2.45, 2.75) is 13.0 Å². The van der Waals surface area contributed by atoms with Crippen molar-refractivity contribution < 1.29 is 19.1 Å². The van der Waals surface area contributed by atoms with Gasteiger partial charge in [-0.3, -0.25) is 9.59 Å². The minimum absolute atomic E-state index is 0.0105. The molecule has 2 aromatic rings. The molecule has 1 aliphatic heterocycles. The summed E-state index contributed by atoms with van der Waals surface area (Å²) in [5.74, 6) is 1.28. The lowest BCUT2D eigenvalue weighted by Crippen LogP contribution is -2.36. The largest absolute Gasteiger partial charge is 0.496 e. The van der Waals surface area contributed by atoms with Gasteiger partial charge in [-0.15, -0.1) is 0 Å². The summed E-state index contributed by atoms with van der Waals surface area (Å²) in [6.45, 7) is 2.46. The van der Waals surface area contributed by atoms with E-state index in [0.29, 0.717) is 35.6 Å². The molecule has 1 saturated carbocycles. The summed E-state index contributed by atoms with van der Waals surface area (Å²) in [6.07, 6.45) is 1.62. The number of hydrogen-bond acceptors (Lipinski definition) is 5. The number of fused-ring (bicyclic) bond motifs is 2. The van der Waals surface area contributed by atoms with Gasteiger partial charge in [0.25, 0.3) is 5.91 Å². The minimum Gasteiger partial charge on any atom is -0.496 e. The summed E-state index contributed by atoms with van der Waals surface area (Å²) >= 11 is 0. The number of pyridine rings is 1. The SMILES string of the molecule is COc1cc2c(OCC3NC(=O)[C@@H]4[C@@H](C)[C@H]34)nccc2cc1C(N)=O. The fourth-order valence-electron chi connectivity index (χ4n) is 3.87. The number of nitrogens with zero attached hydrogens (tertiary/aromatic N) is 1. The van der Waals surface area contributed by atoms with Crippen LogP contribution < -0.4 is 20.5 Å². The maximum absolute atomic E-state index is 11.8. The van der Waals surface area contributed by atoms with Crippen LogP contribution in [0.5, 0.6) is 11.6 Å². The number of carbonyl (C=O) groups excluding carboxylic acids is 2. The molecule has 3 N–H and O–H groups in total. The third kappa shape index (κ3) is 2.47. The summed E-state index contributed by atoms with van der Waals surface area (Å²) < 4.78 is 11.2. The summed E-state index contributed by atoms with van der Waals surface area (Å²) in [7, 11) is 1.48. The number of rotatable bonds is 5. The van der Waals surface area contributed by atoms with Crippen LogP contribution in [0.25, 0.3) is 10.8 Å². The zero-order chi connectivity index (χ0) is 17.7. The van der Waals surface area contributed by atoms with E-state index in [0.717, 1.165) is 10.8 Å². The second-order valence-corrected chi connectivity index (χ2v) is 6.64. The molecule has 2 amide bonds. The van der Waals surface area contributed by atoms with Gasteiger partial charge in [0, 0.05) is 17.5 Å². The van der Waals surface area contributed by atoms with E-state index in [2.05, 4.69) is 17.2 Å². The van der Waals surface area contributed by atoms with Crippen LogP contribution in [-0.2, 0) is 4.79 Å². The fourth-order valence-corrected chi connectivity index (χ4v) is 3.87. The third-order valence-corrected chi connectivity index (χ3v) is 5.26. The van der Waals surface area contributed by atoms with Crippen molar-refractivity contribution in [1.29, 1.82) is 0 Å². The van der Waals surface area contributed by atoms with Crippen molar-refractivity contribution in [3.8, 4) is 11.6 Å². The molecule has 1 aromatic carbocycles. The Balaban J connectivity index is 1.61. The Hall–Kier alpha value is -2.83. The van der Waals surface area contributed by atoms with Crippen molar-refractivity contribution in [2.24, 2.45) is 23.5 Å². The lowest BCUT2D eigenvalue weighted by atomic mass is 10.1. The Labute approximate surface area is 144 Å². The summed E-state index contributed by atoms with van der Waals surface area (Å²) in [4.78, 5) is 27.7. The average molecular weight is 341 g/mol. The van der Waals surface area contributed by atoms with Gasteiger partial charge in [-0.05, 0) is 35.4 Å². The molecule has 1 saturated heterocycles. The van der Waals surface area contributed by atoms with E-state index in [9.17, 15) is 9.59 Å². The number of amides is 2. The van der Waals surface area contributed by atoms with Gasteiger partial charge in [0.2, 0.25) is 11.8 Å². The molecule has 4 rings (SSSR count). The smallest absolute Gasteiger partial charge is 0.252 e. The second kappa shape index (κ2) is 5.61. The molecule has 0 radical (unpaired) electrons. The van der Waals surface area contributed by atoms with Gasteiger partial charge in [-0.2, -0.15) is 0 Å². The Morgan fingerprint density at radius 2 is 2.20 bits per heavy atom. The molecule has 1 unspecified atom stereocenters. The molecule has 7 heteroatoms. The molecule has 7 nitrogen and oxygen atoms in total. The van der Waals surface area contributed by atoms with E-state index in [1.54, 1.807) is 24.4 Å². The highest BCUT2D eigenvalue weighted by Gasteiger charge is 2.61. The zero-order valence-electron chi connectivity index (χ0n) is 14.0. The summed E-state index contributed by atoms with van der Waals surface area (Å²) in [5.41, 5.74) is 5.71. The Morgan fingerprint density at radius 1 is 1.40 bits per heavy atom. The van der Waals surface area contributed by atoms with Crippen molar-refractivity contribution in [1.82, 2.24) is 10.3 Å². The van der Waals surface area contributed by atoms with Crippen LogP contribution in [0.2, 0.25) is 0 Å². The molecule has 1 aliphatic carbocycles. The molecule has 2 heterocycles. The number of piperidine rings is 1. The highest BCUT2D eigenvalue weighted by atomic mass is 16.5. The van der Waals surface area contributed by atoms with Crippen LogP contribution in [0.3, 0.4) is 0 Å². The summed E-state index contributed by atoms with van der Waals surface area (Å²) in [5, 5.41) is 4.49. The van der Waals surface area contributed by atoms with Crippen LogP contribution in [0.15, 0.2) is 24.4 Å². The van der Waals surface area contributed by atoms with Gasteiger partial charge >= 0.3 is 0 Å². The quantitative estimate of drug-likeness (QED) is 0.848. The van der Waals surface area contributed by atoms with E-state index < -0.39 is 5.91 Å². The van der Waals surface area contributed by atoms with Crippen molar-refractivity contribution in [3.05, 3.63) is 30.0 Å². The summed E-state index contributed by atoms with van der Waals surface area (Å²) in [6, 6.07) is 5.16. The minimum atomic E-state index is -0.555. The molecular weight excluding hydrogens is 322 g/mol. The predicted molar refractivity (Wildman–Crippen MR) is 90.4 cm³/mol. The lowest BCUT2D eigenvalue weighted by molar-refractivity contribution is -0.121. The van der Waals surface area contributed by atoms with Crippen molar-refractivity contribution in [3.63, 3.8) is 0 Å². The van der Waals surface area contributed by atoms with Crippen LogP contribution in [0.4, 0.5) is 0 Å². The molecule has 2 aliphatic rings. The van der Waals surface area contributed by atoms with Crippen LogP contribution in [0.1, 0.15) is 17.3 Å². The van der Waals surface area contributed by atoms with Gasteiger partial charge in [0.1, 0.15) is 12.4 Å². The Kier molecular flexibility index (Phi) is 3.52. The first-order valence-electron chi connectivity index (χ1n) is 8.21. The number of ether oxygens (including phenoxy) is 2. The van der Waals surface area contributed by atoms with Crippen LogP contribution in [-0.4, -0.2) is 36.6 Å². The molecular formula is C18H19N3O4. The number of benzene rings is 1. The van der Waals surface area contributed by atoms with Crippen LogP contribution >= 0.6 is 0 Å². The van der Waals surface area contributed by atoms with E-state index >= 15 is 0 Å². The number of methoxy groups -OCH3 is 1. The van der Waals surface area contributed by atoms with Gasteiger partial charge in [0.05, 0.1) is 18.7 Å². The lowest BCUT2D eigenvalue weighted by Gasteiger charge is -2.16. The number of nitrogens with two attached hydrogens (primary N) is 1. The normalized spacial score (nSPS) is 26.9. The van der Waals surface area contributed by atoms with E-state index in [1.807, 2.05) is 0 Å². The molecule has 0 spiro atoms. The van der Waals surface area contributed by atoms with Gasteiger partial charge in [-0.25, -0.2) is 4.98 Å². The number of carbonyl (C=O) groups is 2. The van der Waals surface area contributed by atoms with E-state index in [4.69, 9.17) is 15.2 Å². The van der Waals surface area contributed by atoms with Crippen molar-refractivity contribution in [2.75, 3.05) is 13.7 Å². The maximum atomic E-state index is 11.8. The first-order valence-corrected chi connectivity index (χ1v) is 8.21. The monoisotopic (exact) mass is 341 g/mol. The maximum Gasteiger partial charge on any atom is 0.252 e. The van der Waals surface area contributed by atoms with E-state index in [1.165, 1.54) is 7.11 Å². The van der Waals surface area contributed by atoms with Gasteiger partial charge in [-0.1, -0.05) is 6.92 Å². The number of aromatic nitrogens is 1. The van der Waals surface area contributed by atoms with Crippen LogP contribution in [0, 0.1) is 17.8 Å². The molecule has 4 atom stereocenters. The Morgan fingerprint density at radius 3 is 2.84 bits per heavy atom. The number of nitrogens with one attached hydrogen (secondary N) is 1. The molecule has 0 bridgehead atoms. The molecule has 130 valence electrons. The number of hydrogen-bond donors (Lipinski definition) is 2. The predicted octanol–water partition coefficient (Wildman–Crippen LogP) is 1.10. The van der Waals surface area contributed by atoms with Gasteiger partial charge < -0.3 is 20.5 Å². The molecule has 2 fully saturated rings. The topological polar surface area (TPSA) is 104 Å². The highest BCUT2D eigenvalue weighted by molar-refractivity contribution is 6.01. The third-order valence-electron chi connectivity index (χ3n) is 5.26. The second-order valence-electron chi connectivity index (χ2n) is 6.64. The Bertz CT molecular complexity index is 882. The van der Waals surface area contributed by atoms with E-state index in [-0.39, 0.29) is 17.9 Å². The first kappa shape index (κ1) is 15.7. The van der Waals surface area contributed by atoms with Crippen molar-refractivity contribution >= 4 is 22.6 Å². The average Bonchev–Trinajstić information content (AvgIpc) is 3.15. The highest BCUT2D eigenvalue weighted by Crippen LogP contribution is 2.52. The standard InChI is InChI=1S/C18H19N3O4/c1-8-14-12(21-17(23)15(8)14)7-25-18-10-6-13(24-2)11(16(19)22)5-9(10)3-4-20-18/h3-6,8,12,14-15H,7H2,1-2H3,(H2,19,22)(H,21,23)/t8-,12?,14+,15+/m0/s1. The fraction of sp³-hybridized carbons (Fsp3) is 0.389.